The predicted octanol–water partition coefficient (Wildman–Crippen LogP) is 2.93. The van der Waals surface area contributed by atoms with Crippen LogP contribution < -0.4 is 0 Å². The van der Waals surface area contributed by atoms with Gasteiger partial charge in [0.2, 0.25) is 0 Å². The largest absolute Gasteiger partial charge is 0.107 e. The Hall–Kier alpha value is -0.303. The maximum absolute atomic E-state index is 3.80. The molecule has 0 atom stereocenters. The van der Waals surface area contributed by atoms with Crippen LogP contribution in [0, 0.1) is 0 Å². The standard InChI is InChI=1S/C8H16Si/c1-6-9(4,5)7-8(2)3/h6-7H,1H2,2-5H3. The quantitative estimate of drug-likeness (QED) is 0.517. The second-order valence-corrected chi connectivity index (χ2v) is 7.59. The Morgan fingerprint density at radius 3 is 1.89 bits per heavy atom. The SMILES string of the molecule is C=C[Si](C)(C)C=C(C)C. The Labute approximate surface area is 59.3 Å². The Bertz CT molecular complexity index is 128. The maximum atomic E-state index is 3.80. The summed E-state index contributed by atoms with van der Waals surface area (Å²) in [7, 11) is -1.14. The molecule has 0 unspecified atom stereocenters. The van der Waals surface area contributed by atoms with Gasteiger partial charge in [0, 0.05) is 0 Å². The molecule has 0 rings (SSSR count). The molecule has 0 saturated carbocycles. The lowest BCUT2D eigenvalue weighted by molar-refractivity contribution is 1.40. The zero-order valence-corrected chi connectivity index (χ0v) is 7.86. The van der Waals surface area contributed by atoms with Gasteiger partial charge in [0.05, 0.1) is 8.07 Å². The van der Waals surface area contributed by atoms with Crippen LogP contribution in [-0.2, 0) is 0 Å². The summed E-state index contributed by atoms with van der Waals surface area (Å²) in [6, 6.07) is 0. The van der Waals surface area contributed by atoms with Gasteiger partial charge in [-0.15, -0.1) is 6.58 Å². The van der Waals surface area contributed by atoms with Crippen molar-refractivity contribution in [3.63, 3.8) is 0 Å². The molecular weight excluding hydrogens is 124 g/mol. The van der Waals surface area contributed by atoms with Crippen LogP contribution in [0.1, 0.15) is 13.8 Å². The summed E-state index contributed by atoms with van der Waals surface area (Å²) in [5, 5.41) is 0. The van der Waals surface area contributed by atoms with Crippen molar-refractivity contribution in [2.24, 2.45) is 0 Å². The van der Waals surface area contributed by atoms with Crippen molar-refractivity contribution in [2.45, 2.75) is 26.9 Å². The minimum atomic E-state index is -1.14. The summed E-state index contributed by atoms with van der Waals surface area (Å²) in [6.07, 6.45) is 0. The van der Waals surface area contributed by atoms with Gasteiger partial charge in [0.25, 0.3) is 0 Å². The molecule has 0 heterocycles. The lowest BCUT2D eigenvalue weighted by Crippen LogP contribution is -2.18. The molecule has 0 N–H and O–H groups in total. The molecule has 0 nitrogen and oxygen atoms in total. The first-order chi connectivity index (χ1) is 3.98. The van der Waals surface area contributed by atoms with Crippen LogP contribution in [0.5, 0.6) is 0 Å². The van der Waals surface area contributed by atoms with E-state index in [0.29, 0.717) is 0 Å². The topological polar surface area (TPSA) is 0 Å². The van der Waals surface area contributed by atoms with Crippen LogP contribution in [-0.4, -0.2) is 8.07 Å². The van der Waals surface area contributed by atoms with Crippen molar-refractivity contribution in [3.8, 4) is 0 Å². The van der Waals surface area contributed by atoms with Crippen molar-refractivity contribution in [2.75, 3.05) is 0 Å². The van der Waals surface area contributed by atoms with E-state index in [9.17, 15) is 0 Å². The normalized spacial score (nSPS) is 10.7. The molecule has 0 amide bonds. The average Bonchev–Trinajstić information content (AvgIpc) is 1.63. The zero-order chi connectivity index (χ0) is 7.49. The van der Waals surface area contributed by atoms with Gasteiger partial charge >= 0.3 is 0 Å². The fourth-order valence-corrected chi connectivity index (χ4v) is 2.41. The van der Waals surface area contributed by atoms with E-state index in [0.717, 1.165) is 0 Å². The Morgan fingerprint density at radius 2 is 1.78 bits per heavy atom. The molecule has 0 aliphatic carbocycles. The molecular formula is C8H16Si. The third-order valence-corrected chi connectivity index (χ3v) is 3.56. The average molecular weight is 140 g/mol. The molecule has 9 heavy (non-hydrogen) atoms. The molecule has 0 aromatic heterocycles. The predicted molar refractivity (Wildman–Crippen MR) is 47.1 cm³/mol. The van der Waals surface area contributed by atoms with Crippen LogP contribution in [0.15, 0.2) is 23.6 Å². The van der Waals surface area contributed by atoms with Gasteiger partial charge in [-0.3, -0.25) is 0 Å². The molecule has 0 saturated heterocycles. The van der Waals surface area contributed by atoms with Crippen molar-refractivity contribution in [3.05, 3.63) is 23.6 Å². The summed E-state index contributed by atoms with van der Waals surface area (Å²) < 4.78 is 0. The second-order valence-electron chi connectivity index (χ2n) is 3.25. The monoisotopic (exact) mass is 140 g/mol. The summed E-state index contributed by atoms with van der Waals surface area (Å²) in [5.41, 5.74) is 5.85. The summed E-state index contributed by atoms with van der Waals surface area (Å²) in [4.78, 5) is 0. The van der Waals surface area contributed by atoms with E-state index in [2.05, 4.69) is 44.9 Å². The number of allylic oxidation sites excluding steroid dienone is 1. The van der Waals surface area contributed by atoms with Crippen LogP contribution in [0.3, 0.4) is 0 Å². The maximum Gasteiger partial charge on any atom is 0.0947 e. The molecule has 0 aliphatic heterocycles. The van der Waals surface area contributed by atoms with Gasteiger partial charge in [0.15, 0.2) is 0 Å². The Morgan fingerprint density at radius 1 is 1.33 bits per heavy atom. The van der Waals surface area contributed by atoms with E-state index in [4.69, 9.17) is 0 Å². The first kappa shape index (κ1) is 8.70. The third kappa shape index (κ3) is 4.22. The van der Waals surface area contributed by atoms with E-state index < -0.39 is 8.07 Å². The first-order valence-corrected chi connectivity index (χ1v) is 6.43. The van der Waals surface area contributed by atoms with Crippen molar-refractivity contribution in [1.29, 1.82) is 0 Å². The van der Waals surface area contributed by atoms with Gasteiger partial charge in [-0.05, 0) is 13.8 Å². The molecule has 0 radical (unpaired) electrons. The molecule has 0 fully saturated rings. The second kappa shape index (κ2) is 3.02. The summed E-state index contributed by atoms with van der Waals surface area (Å²) in [5.74, 6) is 0. The highest BCUT2D eigenvalue weighted by Crippen LogP contribution is 2.07. The minimum Gasteiger partial charge on any atom is -0.107 e. The number of hydrogen-bond donors (Lipinski definition) is 0. The van der Waals surface area contributed by atoms with Crippen LogP contribution in [0.25, 0.3) is 0 Å². The molecule has 0 aromatic rings. The van der Waals surface area contributed by atoms with E-state index >= 15 is 0 Å². The molecule has 0 spiro atoms. The van der Waals surface area contributed by atoms with Gasteiger partial charge in [-0.2, -0.15) is 0 Å². The van der Waals surface area contributed by atoms with Gasteiger partial charge < -0.3 is 0 Å². The highest BCUT2D eigenvalue weighted by Gasteiger charge is 2.10. The fourth-order valence-electron chi connectivity index (χ4n) is 0.803. The first-order valence-electron chi connectivity index (χ1n) is 3.27. The molecule has 0 bridgehead atoms. The third-order valence-electron chi connectivity index (χ3n) is 1.19. The van der Waals surface area contributed by atoms with Gasteiger partial charge in [-0.25, -0.2) is 0 Å². The minimum absolute atomic E-state index is 1.14. The molecule has 0 aromatic carbocycles. The van der Waals surface area contributed by atoms with Crippen LogP contribution in [0.4, 0.5) is 0 Å². The van der Waals surface area contributed by atoms with Gasteiger partial charge in [0.1, 0.15) is 0 Å². The number of hydrogen-bond acceptors (Lipinski definition) is 0. The van der Waals surface area contributed by atoms with E-state index in [1.807, 2.05) is 0 Å². The van der Waals surface area contributed by atoms with Crippen LogP contribution in [0.2, 0.25) is 13.1 Å². The lowest BCUT2D eigenvalue weighted by Gasteiger charge is -2.10. The van der Waals surface area contributed by atoms with E-state index in [1.165, 1.54) is 5.57 Å². The van der Waals surface area contributed by atoms with Crippen molar-refractivity contribution in [1.82, 2.24) is 0 Å². The lowest BCUT2D eigenvalue weighted by atomic mass is 10.4. The molecule has 1 heteroatoms. The smallest absolute Gasteiger partial charge is 0.0947 e. The fraction of sp³-hybridized carbons (Fsp3) is 0.500. The molecule has 0 aliphatic rings. The van der Waals surface area contributed by atoms with Crippen molar-refractivity contribution < 1.29 is 0 Å². The summed E-state index contributed by atoms with van der Waals surface area (Å²) in [6.45, 7) is 12.6. The zero-order valence-electron chi connectivity index (χ0n) is 6.86. The Kier molecular flexibility index (Phi) is 2.92. The highest BCUT2D eigenvalue weighted by atomic mass is 28.3. The number of rotatable bonds is 2. The summed E-state index contributed by atoms with van der Waals surface area (Å²) >= 11 is 0. The highest BCUT2D eigenvalue weighted by molar-refractivity contribution is 6.86. The van der Waals surface area contributed by atoms with Gasteiger partial charge in [-0.1, -0.05) is 30.1 Å². The van der Waals surface area contributed by atoms with Crippen molar-refractivity contribution >= 4 is 8.07 Å². The molecule has 52 valence electrons. The van der Waals surface area contributed by atoms with E-state index in [-0.39, 0.29) is 0 Å². The Balaban J connectivity index is 4.18. The van der Waals surface area contributed by atoms with E-state index in [1.54, 1.807) is 0 Å². The van der Waals surface area contributed by atoms with Crippen LogP contribution >= 0.6 is 0 Å².